The topological polar surface area (TPSA) is 107 Å². The van der Waals surface area contributed by atoms with Crippen molar-refractivity contribution >= 4 is 21.6 Å². The first-order chi connectivity index (χ1) is 19.7. The number of aryl methyl sites for hydroxylation is 4. The third-order valence-electron chi connectivity index (χ3n) is 7.81. The van der Waals surface area contributed by atoms with E-state index < -0.39 is 10.0 Å². The van der Waals surface area contributed by atoms with E-state index in [4.69, 9.17) is 9.51 Å². The third-order valence-corrected chi connectivity index (χ3v) is 9.21. The maximum atomic E-state index is 13.6. The molecule has 0 fully saturated rings. The van der Waals surface area contributed by atoms with Gasteiger partial charge in [0.05, 0.1) is 10.6 Å². The van der Waals surface area contributed by atoms with Crippen molar-refractivity contribution in [2.24, 2.45) is 0 Å². The molecule has 9 heteroatoms. The highest BCUT2D eigenvalue weighted by molar-refractivity contribution is 7.92. The molecule has 1 aliphatic rings. The molecule has 4 aromatic rings. The van der Waals surface area contributed by atoms with Crippen LogP contribution in [0.4, 0.5) is 5.82 Å². The van der Waals surface area contributed by atoms with Gasteiger partial charge in [0.15, 0.2) is 11.6 Å². The largest absolute Gasteiger partial charge is 0.359 e. The molecule has 0 saturated carbocycles. The molecule has 0 atom stereocenters. The average Bonchev–Trinajstić information content (AvgIpc) is 3.37. The molecule has 5 rings (SSSR count). The van der Waals surface area contributed by atoms with Gasteiger partial charge < -0.3 is 9.09 Å². The number of ketones is 1. The predicted octanol–water partition coefficient (Wildman–Crippen LogP) is 6.82. The highest BCUT2D eigenvalue weighted by Gasteiger charge is 2.26. The Hall–Kier alpha value is -3.72. The maximum Gasteiger partial charge on any atom is 0.263 e. The lowest BCUT2D eigenvalue weighted by molar-refractivity contribution is 0.0973. The molecule has 0 unspecified atom stereocenters. The molecule has 2 aromatic heterocycles. The molecule has 1 N–H and O–H groups in total. The van der Waals surface area contributed by atoms with Crippen LogP contribution in [-0.2, 0) is 35.8 Å². The minimum Gasteiger partial charge on any atom is -0.359 e. The van der Waals surface area contributed by atoms with Crippen molar-refractivity contribution in [2.75, 3.05) is 4.72 Å². The van der Waals surface area contributed by atoms with Gasteiger partial charge in [0.25, 0.3) is 10.0 Å². The van der Waals surface area contributed by atoms with Crippen LogP contribution in [0.3, 0.4) is 0 Å². The zero-order valence-electron chi connectivity index (χ0n) is 24.3. The smallest absolute Gasteiger partial charge is 0.263 e. The van der Waals surface area contributed by atoms with Crippen LogP contribution in [0.1, 0.15) is 90.4 Å². The second-order valence-electron chi connectivity index (χ2n) is 10.8. The van der Waals surface area contributed by atoms with Gasteiger partial charge in [-0.05, 0) is 68.7 Å². The lowest BCUT2D eigenvalue weighted by Crippen LogP contribution is -2.15. The highest BCUT2D eigenvalue weighted by atomic mass is 32.2. The summed E-state index contributed by atoms with van der Waals surface area (Å²) in [7, 11) is -3.94. The first kappa shape index (κ1) is 28.8. The van der Waals surface area contributed by atoms with E-state index in [9.17, 15) is 13.2 Å². The van der Waals surface area contributed by atoms with Crippen LogP contribution in [0.2, 0.25) is 0 Å². The SMILES string of the molecule is CCCc1cc(Cn2c(CCC)nc3c2C(=O)CCCC3)ccc1-c1ccccc1S(=O)(=O)Nc1noc(C)c1C. The van der Waals surface area contributed by atoms with Gasteiger partial charge in [-0.1, -0.05) is 61.8 Å². The van der Waals surface area contributed by atoms with Crippen molar-refractivity contribution in [1.29, 1.82) is 0 Å². The van der Waals surface area contributed by atoms with Gasteiger partial charge >= 0.3 is 0 Å². The molecule has 0 spiro atoms. The highest BCUT2D eigenvalue weighted by Crippen LogP contribution is 2.33. The van der Waals surface area contributed by atoms with Gasteiger partial charge in [0, 0.05) is 30.5 Å². The minimum absolute atomic E-state index is 0.181. The van der Waals surface area contributed by atoms with Crippen molar-refractivity contribution in [3.63, 3.8) is 0 Å². The fraction of sp³-hybridized carbons (Fsp3) is 0.406. The van der Waals surface area contributed by atoms with Gasteiger partial charge in [-0.2, -0.15) is 0 Å². The summed E-state index contributed by atoms with van der Waals surface area (Å²) in [4.78, 5) is 18.2. The second-order valence-corrected chi connectivity index (χ2v) is 12.5. The van der Waals surface area contributed by atoms with Crippen molar-refractivity contribution in [2.45, 2.75) is 90.5 Å². The number of sulfonamides is 1. The number of anilines is 1. The van der Waals surface area contributed by atoms with E-state index in [0.717, 1.165) is 78.8 Å². The van der Waals surface area contributed by atoms with Gasteiger partial charge in [0.1, 0.15) is 17.3 Å². The number of hydrogen-bond donors (Lipinski definition) is 1. The molecule has 8 nitrogen and oxygen atoms in total. The molecule has 41 heavy (non-hydrogen) atoms. The minimum atomic E-state index is -3.94. The quantitative estimate of drug-likeness (QED) is 0.208. The fourth-order valence-corrected chi connectivity index (χ4v) is 6.89. The molecule has 0 aliphatic heterocycles. The number of rotatable bonds is 10. The number of imidazole rings is 1. The van der Waals surface area contributed by atoms with Crippen molar-refractivity contribution in [1.82, 2.24) is 14.7 Å². The van der Waals surface area contributed by atoms with Crippen LogP contribution < -0.4 is 4.72 Å². The van der Waals surface area contributed by atoms with Crippen molar-refractivity contribution in [3.8, 4) is 11.1 Å². The number of nitrogens with zero attached hydrogens (tertiary/aromatic N) is 3. The first-order valence-corrected chi connectivity index (χ1v) is 16.0. The summed E-state index contributed by atoms with van der Waals surface area (Å²) in [6.07, 6.45) is 6.77. The Morgan fingerprint density at radius 1 is 0.976 bits per heavy atom. The molecular weight excluding hydrogens is 536 g/mol. The summed E-state index contributed by atoms with van der Waals surface area (Å²) in [5, 5.41) is 3.89. The third kappa shape index (κ3) is 5.86. The van der Waals surface area contributed by atoms with Gasteiger partial charge in [-0.15, -0.1) is 0 Å². The maximum absolute atomic E-state index is 13.6. The summed E-state index contributed by atoms with van der Waals surface area (Å²) in [5.41, 5.74) is 6.00. The van der Waals surface area contributed by atoms with E-state index in [0.29, 0.717) is 29.9 Å². The summed E-state index contributed by atoms with van der Waals surface area (Å²) >= 11 is 0. The molecule has 0 amide bonds. The Bertz CT molecular complexity index is 1680. The molecule has 2 aromatic carbocycles. The molecule has 216 valence electrons. The number of hydrogen-bond acceptors (Lipinski definition) is 6. The number of fused-ring (bicyclic) bond motifs is 1. The van der Waals surface area contributed by atoms with Gasteiger partial charge in [-0.25, -0.2) is 13.4 Å². The molecular formula is C32H38N4O4S. The van der Waals surface area contributed by atoms with E-state index in [2.05, 4.69) is 34.4 Å². The number of aromatic nitrogens is 3. The van der Waals surface area contributed by atoms with Crippen LogP contribution in [0.25, 0.3) is 11.1 Å². The van der Waals surface area contributed by atoms with Crippen LogP contribution in [0, 0.1) is 13.8 Å². The Morgan fingerprint density at radius 3 is 2.46 bits per heavy atom. The van der Waals surface area contributed by atoms with E-state index in [1.807, 2.05) is 24.3 Å². The zero-order chi connectivity index (χ0) is 29.1. The average molecular weight is 575 g/mol. The Kier molecular flexibility index (Phi) is 8.45. The second kappa shape index (κ2) is 12.0. The van der Waals surface area contributed by atoms with Crippen LogP contribution >= 0.6 is 0 Å². The monoisotopic (exact) mass is 574 g/mol. The Morgan fingerprint density at radius 2 is 1.73 bits per heavy atom. The van der Waals surface area contributed by atoms with Crippen LogP contribution in [-0.4, -0.2) is 28.9 Å². The lowest BCUT2D eigenvalue weighted by atomic mass is 9.94. The summed E-state index contributed by atoms with van der Waals surface area (Å²) in [5.74, 6) is 1.91. The fourth-order valence-electron chi connectivity index (χ4n) is 5.61. The number of carbonyl (C=O) groups excluding carboxylic acids is 1. The molecule has 0 radical (unpaired) electrons. The van der Waals surface area contributed by atoms with E-state index >= 15 is 0 Å². The van der Waals surface area contributed by atoms with Gasteiger partial charge in [0.2, 0.25) is 0 Å². The molecule has 2 heterocycles. The number of nitrogens with one attached hydrogen (secondary N) is 1. The van der Waals surface area contributed by atoms with Crippen LogP contribution in [0.5, 0.6) is 0 Å². The number of carbonyl (C=O) groups is 1. The van der Waals surface area contributed by atoms with Crippen molar-refractivity contribution < 1.29 is 17.7 Å². The first-order valence-electron chi connectivity index (χ1n) is 14.5. The molecule has 0 saturated heterocycles. The summed E-state index contributed by atoms with van der Waals surface area (Å²) < 4.78 is 37.0. The van der Waals surface area contributed by atoms with E-state index in [1.165, 1.54) is 0 Å². The van der Waals surface area contributed by atoms with Crippen LogP contribution in [0.15, 0.2) is 51.9 Å². The lowest BCUT2D eigenvalue weighted by Gasteiger charge is -2.17. The Labute approximate surface area is 242 Å². The van der Waals surface area contributed by atoms with Gasteiger partial charge in [-0.3, -0.25) is 9.52 Å². The molecule has 1 aliphatic carbocycles. The Balaban J connectivity index is 1.54. The standard InChI is InChI=1S/C32H38N4O4S/c1-5-11-24-19-23(20-36-30(12-6-2)33-27-14-8-9-15-28(37)31(27)36)17-18-25(24)26-13-7-10-16-29(26)41(38,39)35-32-21(3)22(4)40-34-32/h7,10,13,16-19H,5-6,8-9,11-12,14-15,20H2,1-4H3,(H,34,35). The number of Topliss-reactive ketones (excluding diaryl/α,β-unsaturated/α-hetero) is 1. The summed E-state index contributed by atoms with van der Waals surface area (Å²) in [6.45, 7) is 8.32. The molecule has 0 bridgehead atoms. The van der Waals surface area contributed by atoms with E-state index in [-0.39, 0.29) is 16.5 Å². The predicted molar refractivity (Wildman–Crippen MR) is 160 cm³/mol. The zero-order valence-corrected chi connectivity index (χ0v) is 25.1. The summed E-state index contributed by atoms with van der Waals surface area (Å²) in [6, 6.07) is 13.3. The number of benzene rings is 2. The normalized spacial score (nSPS) is 13.7. The van der Waals surface area contributed by atoms with E-state index in [1.54, 1.807) is 26.0 Å². The van der Waals surface area contributed by atoms with Crippen molar-refractivity contribution in [3.05, 3.63) is 82.1 Å².